The van der Waals surface area contributed by atoms with Crippen LogP contribution in [0.2, 0.25) is 0 Å². The molecule has 1 fully saturated rings. The second-order valence-corrected chi connectivity index (χ2v) is 6.37. The molecule has 1 saturated carbocycles. The van der Waals surface area contributed by atoms with E-state index in [0.29, 0.717) is 12.5 Å². The van der Waals surface area contributed by atoms with E-state index in [4.69, 9.17) is 0 Å². The van der Waals surface area contributed by atoms with Gasteiger partial charge in [0.2, 0.25) is 5.91 Å². The smallest absolute Gasteiger partial charge is 0.224 e. The van der Waals surface area contributed by atoms with Gasteiger partial charge in [-0.15, -0.1) is 0 Å². The molecule has 0 spiro atoms. The van der Waals surface area contributed by atoms with Gasteiger partial charge in [-0.05, 0) is 36.3 Å². The number of aromatic nitrogens is 1. The Balaban J connectivity index is 1.98. The Labute approximate surface area is 115 Å². The molecule has 1 aliphatic carbocycles. The van der Waals surface area contributed by atoms with Gasteiger partial charge in [0.15, 0.2) is 0 Å². The van der Waals surface area contributed by atoms with Crippen molar-refractivity contribution in [2.24, 2.45) is 17.3 Å². The number of amides is 1. The van der Waals surface area contributed by atoms with Crippen LogP contribution in [0.1, 0.15) is 45.7 Å². The molecule has 0 aromatic carbocycles. The molecule has 1 heterocycles. The van der Waals surface area contributed by atoms with Gasteiger partial charge >= 0.3 is 0 Å². The van der Waals surface area contributed by atoms with Gasteiger partial charge in [0.1, 0.15) is 0 Å². The minimum atomic E-state index is 0.103. The average molecular weight is 260 g/mol. The number of carbonyl (C=O) groups is 1. The predicted molar refractivity (Wildman–Crippen MR) is 76.4 cm³/mol. The Bertz CT molecular complexity index is 428. The molecule has 3 nitrogen and oxygen atoms in total. The maximum atomic E-state index is 12.5. The molecule has 1 N–H and O–H groups in total. The van der Waals surface area contributed by atoms with E-state index in [1.54, 1.807) is 6.20 Å². The third kappa shape index (κ3) is 3.34. The molecule has 104 valence electrons. The van der Waals surface area contributed by atoms with Crippen molar-refractivity contribution >= 4 is 5.91 Å². The van der Waals surface area contributed by atoms with Crippen LogP contribution in [0.15, 0.2) is 24.4 Å². The van der Waals surface area contributed by atoms with Crippen molar-refractivity contribution < 1.29 is 4.79 Å². The third-order valence-corrected chi connectivity index (χ3v) is 4.34. The summed E-state index contributed by atoms with van der Waals surface area (Å²) in [6.45, 7) is 7.16. The Morgan fingerprint density at radius 3 is 2.89 bits per heavy atom. The highest BCUT2D eigenvalue weighted by Gasteiger charge is 2.41. The highest BCUT2D eigenvalue weighted by molar-refractivity contribution is 5.79. The van der Waals surface area contributed by atoms with E-state index in [1.165, 1.54) is 6.42 Å². The normalized spacial score (nSPS) is 25.8. The molecule has 3 heteroatoms. The topological polar surface area (TPSA) is 42.0 Å². The Morgan fingerprint density at radius 2 is 2.26 bits per heavy atom. The van der Waals surface area contributed by atoms with Crippen molar-refractivity contribution in [2.45, 2.75) is 46.6 Å². The van der Waals surface area contributed by atoms with Gasteiger partial charge in [0.25, 0.3) is 0 Å². The summed E-state index contributed by atoms with van der Waals surface area (Å²) >= 11 is 0. The van der Waals surface area contributed by atoms with Gasteiger partial charge < -0.3 is 5.32 Å². The SMILES string of the molecule is C[C@H]1CCCC(C)(C)C1C(=O)NCc1ccccn1. The first-order valence-corrected chi connectivity index (χ1v) is 7.18. The Hall–Kier alpha value is -1.38. The van der Waals surface area contributed by atoms with Crippen LogP contribution in [-0.4, -0.2) is 10.9 Å². The summed E-state index contributed by atoms with van der Waals surface area (Å²) in [4.78, 5) is 16.7. The van der Waals surface area contributed by atoms with Crippen LogP contribution in [0.25, 0.3) is 0 Å². The van der Waals surface area contributed by atoms with Crippen molar-refractivity contribution in [3.05, 3.63) is 30.1 Å². The van der Waals surface area contributed by atoms with Crippen LogP contribution < -0.4 is 5.32 Å². The molecule has 1 amide bonds. The maximum absolute atomic E-state index is 12.5. The number of carbonyl (C=O) groups excluding carboxylic acids is 1. The number of nitrogens with one attached hydrogen (secondary N) is 1. The summed E-state index contributed by atoms with van der Waals surface area (Å²) in [5, 5.41) is 3.05. The molecule has 2 atom stereocenters. The molecular weight excluding hydrogens is 236 g/mol. The average Bonchev–Trinajstić information content (AvgIpc) is 2.36. The molecule has 0 bridgehead atoms. The fourth-order valence-corrected chi connectivity index (χ4v) is 3.38. The van der Waals surface area contributed by atoms with Gasteiger partial charge in [-0.25, -0.2) is 0 Å². The lowest BCUT2D eigenvalue weighted by atomic mass is 9.64. The van der Waals surface area contributed by atoms with E-state index in [2.05, 4.69) is 31.1 Å². The van der Waals surface area contributed by atoms with E-state index in [1.807, 2.05) is 18.2 Å². The van der Waals surface area contributed by atoms with Gasteiger partial charge in [-0.1, -0.05) is 33.3 Å². The molecule has 1 aromatic rings. The van der Waals surface area contributed by atoms with Crippen molar-refractivity contribution in [2.75, 3.05) is 0 Å². The summed E-state index contributed by atoms with van der Waals surface area (Å²) in [5.74, 6) is 0.764. The molecular formula is C16H24N2O. The monoisotopic (exact) mass is 260 g/mol. The molecule has 2 rings (SSSR count). The van der Waals surface area contributed by atoms with E-state index >= 15 is 0 Å². The van der Waals surface area contributed by atoms with E-state index < -0.39 is 0 Å². The third-order valence-electron chi connectivity index (χ3n) is 4.34. The fraction of sp³-hybridized carbons (Fsp3) is 0.625. The number of hydrogen-bond acceptors (Lipinski definition) is 2. The highest BCUT2D eigenvalue weighted by Crippen LogP contribution is 2.43. The summed E-state index contributed by atoms with van der Waals surface area (Å²) in [7, 11) is 0. The van der Waals surface area contributed by atoms with Crippen molar-refractivity contribution in [3.8, 4) is 0 Å². The largest absolute Gasteiger partial charge is 0.350 e. The number of hydrogen-bond donors (Lipinski definition) is 1. The first kappa shape index (κ1) is 14.0. The predicted octanol–water partition coefficient (Wildman–Crippen LogP) is 3.16. The number of pyridine rings is 1. The zero-order valence-electron chi connectivity index (χ0n) is 12.1. The van der Waals surface area contributed by atoms with Crippen LogP contribution in [0.3, 0.4) is 0 Å². The molecule has 0 saturated heterocycles. The van der Waals surface area contributed by atoms with Gasteiger partial charge in [0.05, 0.1) is 12.2 Å². The standard InChI is InChI=1S/C16H24N2O/c1-12-7-6-9-16(2,3)14(12)15(19)18-11-13-8-4-5-10-17-13/h4-5,8,10,12,14H,6-7,9,11H2,1-3H3,(H,18,19)/t12-,14?/m0/s1. The lowest BCUT2D eigenvalue weighted by Crippen LogP contribution is -2.44. The minimum Gasteiger partial charge on any atom is -0.350 e. The zero-order valence-corrected chi connectivity index (χ0v) is 12.1. The zero-order chi connectivity index (χ0) is 13.9. The van der Waals surface area contributed by atoms with Crippen LogP contribution in [0.5, 0.6) is 0 Å². The first-order valence-electron chi connectivity index (χ1n) is 7.18. The van der Waals surface area contributed by atoms with Crippen LogP contribution in [-0.2, 0) is 11.3 Å². The quantitative estimate of drug-likeness (QED) is 0.907. The molecule has 1 aliphatic rings. The van der Waals surface area contributed by atoms with Gasteiger partial charge in [0, 0.05) is 12.1 Å². The highest BCUT2D eigenvalue weighted by atomic mass is 16.1. The van der Waals surface area contributed by atoms with Crippen LogP contribution in [0, 0.1) is 17.3 Å². The second-order valence-electron chi connectivity index (χ2n) is 6.37. The molecule has 0 aliphatic heterocycles. The van der Waals surface area contributed by atoms with Crippen molar-refractivity contribution in [3.63, 3.8) is 0 Å². The molecule has 19 heavy (non-hydrogen) atoms. The summed E-state index contributed by atoms with van der Waals surface area (Å²) in [6.07, 6.45) is 5.29. The first-order chi connectivity index (χ1) is 9.00. The molecule has 1 unspecified atom stereocenters. The summed E-state index contributed by atoms with van der Waals surface area (Å²) in [6, 6.07) is 5.77. The number of nitrogens with zero attached hydrogens (tertiary/aromatic N) is 1. The van der Waals surface area contributed by atoms with Crippen molar-refractivity contribution in [1.29, 1.82) is 0 Å². The van der Waals surface area contributed by atoms with Gasteiger partial charge in [-0.3, -0.25) is 9.78 Å². The summed E-state index contributed by atoms with van der Waals surface area (Å²) < 4.78 is 0. The Kier molecular flexibility index (Phi) is 4.23. The van der Waals surface area contributed by atoms with E-state index in [9.17, 15) is 4.79 Å². The fourth-order valence-electron chi connectivity index (χ4n) is 3.38. The number of rotatable bonds is 3. The molecule has 1 aromatic heterocycles. The van der Waals surface area contributed by atoms with Crippen LogP contribution in [0.4, 0.5) is 0 Å². The summed E-state index contributed by atoms with van der Waals surface area (Å²) in [5.41, 5.74) is 1.02. The lowest BCUT2D eigenvalue weighted by Gasteiger charge is -2.41. The van der Waals surface area contributed by atoms with Crippen LogP contribution >= 0.6 is 0 Å². The van der Waals surface area contributed by atoms with Gasteiger partial charge in [-0.2, -0.15) is 0 Å². The van der Waals surface area contributed by atoms with E-state index in [0.717, 1.165) is 18.5 Å². The molecule has 0 radical (unpaired) electrons. The Morgan fingerprint density at radius 1 is 1.47 bits per heavy atom. The maximum Gasteiger partial charge on any atom is 0.224 e. The second kappa shape index (κ2) is 5.72. The van der Waals surface area contributed by atoms with Crippen molar-refractivity contribution in [1.82, 2.24) is 10.3 Å². The lowest BCUT2D eigenvalue weighted by molar-refractivity contribution is -0.133. The minimum absolute atomic E-state index is 0.103. The van der Waals surface area contributed by atoms with E-state index in [-0.39, 0.29) is 17.2 Å².